The van der Waals surface area contributed by atoms with Gasteiger partial charge in [0.1, 0.15) is 0 Å². The summed E-state index contributed by atoms with van der Waals surface area (Å²) in [5, 5.41) is 0.917. The third kappa shape index (κ3) is 6.79. The number of alkyl halides is 1. The SMILES string of the molecule is SCCOCCBr. The molecule has 0 N–H and O–H groups in total. The highest BCUT2D eigenvalue weighted by atomic mass is 79.9. The molecule has 3 heteroatoms. The van der Waals surface area contributed by atoms with Crippen molar-refractivity contribution in [3.63, 3.8) is 0 Å². The van der Waals surface area contributed by atoms with Gasteiger partial charge in [0.2, 0.25) is 0 Å². The van der Waals surface area contributed by atoms with Gasteiger partial charge in [-0.2, -0.15) is 12.6 Å². The summed E-state index contributed by atoms with van der Waals surface area (Å²) in [7, 11) is 0. The molecule has 0 aromatic heterocycles. The number of ether oxygens (including phenoxy) is 1. The van der Waals surface area contributed by atoms with E-state index < -0.39 is 0 Å². The van der Waals surface area contributed by atoms with Crippen molar-refractivity contribution >= 4 is 28.6 Å². The van der Waals surface area contributed by atoms with E-state index in [0.717, 1.165) is 24.3 Å². The van der Waals surface area contributed by atoms with E-state index in [4.69, 9.17) is 4.74 Å². The van der Waals surface area contributed by atoms with Crippen LogP contribution in [0, 0.1) is 0 Å². The predicted molar refractivity (Wildman–Crippen MR) is 38.5 cm³/mol. The second kappa shape index (κ2) is 6.79. The highest BCUT2D eigenvalue weighted by molar-refractivity contribution is 9.09. The van der Waals surface area contributed by atoms with Crippen LogP contribution in [0.4, 0.5) is 0 Å². The fourth-order valence-corrected chi connectivity index (χ4v) is 0.579. The maximum absolute atomic E-state index is 5.01. The van der Waals surface area contributed by atoms with Crippen molar-refractivity contribution in [2.75, 3.05) is 24.3 Å². The third-order valence-electron chi connectivity index (χ3n) is 0.457. The molecule has 0 spiro atoms. The summed E-state index contributed by atoms with van der Waals surface area (Å²) >= 11 is 7.18. The molecule has 0 fully saturated rings. The molecule has 0 aromatic carbocycles. The van der Waals surface area contributed by atoms with Gasteiger partial charge < -0.3 is 4.74 Å². The molecule has 0 heterocycles. The van der Waals surface area contributed by atoms with Crippen LogP contribution >= 0.6 is 28.6 Å². The summed E-state index contributed by atoms with van der Waals surface area (Å²) in [4.78, 5) is 0. The van der Waals surface area contributed by atoms with E-state index in [1.165, 1.54) is 0 Å². The number of hydrogen-bond acceptors (Lipinski definition) is 2. The molecule has 0 saturated heterocycles. The molecule has 0 unspecified atom stereocenters. The van der Waals surface area contributed by atoms with E-state index in [1.54, 1.807) is 0 Å². The van der Waals surface area contributed by atoms with Crippen LogP contribution in [-0.4, -0.2) is 24.3 Å². The number of thiol groups is 1. The lowest BCUT2D eigenvalue weighted by Gasteiger charge is -1.94. The molecule has 0 rings (SSSR count). The number of halogens is 1. The van der Waals surface area contributed by atoms with Gasteiger partial charge in [-0.05, 0) is 0 Å². The Bertz CT molecular complexity index is 30.9. The monoisotopic (exact) mass is 184 g/mol. The zero-order valence-corrected chi connectivity index (χ0v) is 6.54. The van der Waals surface area contributed by atoms with E-state index in [0.29, 0.717) is 0 Å². The molecule has 0 aromatic rings. The lowest BCUT2D eigenvalue weighted by molar-refractivity contribution is 0.168. The van der Waals surface area contributed by atoms with Gasteiger partial charge in [0.25, 0.3) is 0 Å². The van der Waals surface area contributed by atoms with Gasteiger partial charge in [-0.25, -0.2) is 0 Å². The van der Waals surface area contributed by atoms with Gasteiger partial charge in [-0.15, -0.1) is 0 Å². The Balaban J connectivity index is 2.45. The molecule has 1 nitrogen and oxygen atoms in total. The van der Waals surface area contributed by atoms with Crippen LogP contribution in [0.3, 0.4) is 0 Å². The van der Waals surface area contributed by atoms with E-state index in [1.807, 2.05) is 0 Å². The molecular weight excluding hydrogens is 176 g/mol. The number of hydrogen-bond donors (Lipinski definition) is 1. The second-order valence-electron chi connectivity index (χ2n) is 1.02. The van der Waals surface area contributed by atoms with E-state index >= 15 is 0 Å². The van der Waals surface area contributed by atoms with Gasteiger partial charge in [0, 0.05) is 11.1 Å². The van der Waals surface area contributed by atoms with Crippen molar-refractivity contribution in [3.05, 3.63) is 0 Å². The van der Waals surface area contributed by atoms with Gasteiger partial charge >= 0.3 is 0 Å². The Hall–Kier alpha value is 0.790. The molecule has 7 heavy (non-hydrogen) atoms. The Morgan fingerprint density at radius 2 is 2.14 bits per heavy atom. The van der Waals surface area contributed by atoms with E-state index in [2.05, 4.69) is 28.6 Å². The summed E-state index contributed by atoms with van der Waals surface area (Å²) in [5.41, 5.74) is 0. The summed E-state index contributed by atoms with van der Waals surface area (Å²) in [6, 6.07) is 0. The quantitative estimate of drug-likeness (QED) is 0.395. The molecule has 0 aliphatic carbocycles. The summed E-state index contributed by atoms with van der Waals surface area (Å²) in [5.74, 6) is 0.812. The minimum Gasteiger partial charge on any atom is -0.380 e. The third-order valence-corrected chi connectivity index (χ3v) is 0.963. The average Bonchev–Trinajstić information content (AvgIpc) is 1.69. The van der Waals surface area contributed by atoms with Crippen LogP contribution in [-0.2, 0) is 4.74 Å². The van der Waals surface area contributed by atoms with Crippen molar-refractivity contribution in [2.45, 2.75) is 0 Å². The first-order valence-corrected chi connectivity index (χ1v) is 3.91. The molecule has 0 aliphatic rings. The Kier molecular flexibility index (Phi) is 7.56. The Morgan fingerprint density at radius 3 is 2.57 bits per heavy atom. The summed E-state index contributed by atoms with van der Waals surface area (Å²) < 4.78 is 5.01. The van der Waals surface area contributed by atoms with Crippen molar-refractivity contribution in [2.24, 2.45) is 0 Å². The molecule has 0 bridgehead atoms. The maximum atomic E-state index is 5.01. The first-order chi connectivity index (χ1) is 3.41. The van der Waals surface area contributed by atoms with E-state index in [9.17, 15) is 0 Å². The topological polar surface area (TPSA) is 9.23 Å². The first-order valence-electron chi connectivity index (χ1n) is 2.16. The zero-order valence-electron chi connectivity index (χ0n) is 4.06. The maximum Gasteiger partial charge on any atom is 0.0563 e. The standard InChI is InChI=1S/C4H9BrOS/c5-1-2-6-3-4-7/h7H,1-4H2. The lowest BCUT2D eigenvalue weighted by atomic mass is 10.8. The van der Waals surface area contributed by atoms with Gasteiger partial charge in [-0.3, -0.25) is 0 Å². The van der Waals surface area contributed by atoms with Crippen LogP contribution in [0.2, 0.25) is 0 Å². The smallest absolute Gasteiger partial charge is 0.0563 e. The average molecular weight is 185 g/mol. The summed E-state index contributed by atoms with van der Waals surface area (Å²) in [6.45, 7) is 1.55. The molecule has 0 aliphatic heterocycles. The molecular formula is C4H9BrOS. The minimum absolute atomic E-state index is 0.759. The largest absolute Gasteiger partial charge is 0.380 e. The van der Waals surface area contributed by atoms with Crippen molar-refractivity contribution in [3.8, 4) is 0 Å². The Labute approximate surface area is 58.0 Å². The molecule has 0 saturated carbocycles. The fourth-order valence-electron chi connectivity index (χ4n) is 0.221. The highest BCUT2D eigenvalue weighted by Gasteiger charge is 1.79. The molecule has 44 valence electrons. The number of rotatable bonds is 4. The highest BCUT2D eigenvalue weighted by Crippen LogP contribution is 1.81. The molecule has 0 atom stereocenters. The van der Waals surface area contributed by atoms with Gasteiger partial charge in [0.05, 0.1) is 13.2 Å². The van der Waals surface area contributed by atoms with Gasteiger partial charge in [-0.1, -0.05) is 15.9 Å². The molecule has 0 radical (unpaired) electrons. The summed E-state index contributed by atoms with van der Waals surface area (Å²) in [6.07, 6.45) is 0. The van der Waals surface area contributed by atoms with Crippen LogP contribution in [0.5, 0.6) is 0 Å². The van der Waals surface area contributed by atoms with Crippen LogP contribution in [0.1, 0.15) is 0 Å². The second-order valence-corrected chi connectivity index (χ2v) is 2.27. The predicted octanol–water partition coefficient (Wildman–Crippen LogP) is 1.33. The zero-order chi connectivity index (χ0) is 5.54. The van der Waals surface area contributed by atoms with E-state index in [-0.39, 0.29) is 0 Å². The van der Waals surface area contributed by atoms with Crippen LogP contribution < -0.4 is 0 Å². The Morgan fingerprint density at radius 1 is 1.43 bits per heavy atom. The van der Waals surface area contributed by atoms with Crippen LogP contribution in [0.25, 0.3) is 0 Å². The lowest BCUT2D eigenvalue weighted by Crippen LogP contribution is -1.97. The van der Waals surface area contributed by atoms with Crippen molar-refractivity contribution < 1.29 is 4.74 Å². The normalized spacial score (nSPS) is 9.43. The first kappa shape index (κ1) is 7.79. The van der Waals surface area contributed by atoms with Crippen molar-refractivity contribution in [1.29, 1.82) is 0 Å². The van der Waals surface area contributed by atoms with Crippen LogP contribution in [0.15, 0.2) is 0 Å². The minimum atomic E-state index is 0.759. The van der Waals surface area contributed by atoms with Gasteiger partial charge in [0.15, 0.2) is 0 Å². The fraction of sp³-hybridized carbons (Fsp3) is 1.00. The molecule has 0 amide bonds. The van der Waals surface area contributed by atoms with Crippen molar-refractivity contribution in [1.82, 2.24) is 0 Å².